The third-order valence-corrected chi connectivity index (χ3v) is 1.94. The van der Waals surface area contributed by atoms with Gasteiger partial charge >= 0.3 is 11.3 Å². The molecule has 82 valence electrons. The lowest BCUT2D eigenvalue weighted by atomic mass is 10.2. The van der Waals surface area contributed by atoms with Crippen LogP contribution >= 0.6 is 24.2 Å². The van der Waals surface area contributed by atoms with Crippen molar-refractivity contribution < 1.29 is 19.1 Å². The maximum absolute atomic E-state index is 11.4. The Bertz CT molecular complexity index is 231. The van der Waals surface area contributed by atoms with Gasteiger partial charge in [0.15, 0.2) is 0 Å². The number of hydrogen-bond acceptors (Lipinski definition) is 4. The molecule has 0 N–H and O–H groups in total. The van der Waals surface area contributed by atoms with Crippen LogP contribution in [-0.2, 0) is 14.3 Å². The molecule has 0 heterocycles. The zero-order valence-electron chi connectivity index (χ0n) is 8.24. The standard InChI is InChI=1S/C8H13ClO4S/c1-4-8(9,13-7(11)14)6(10)12-5(2)3/h5H,4H2,1-3H3,(H,11,14). The first-order valence-electron chi connectivity index (χ1n) is 4.13. The third-order valence-electron chi connectivity index (χ3n) is 1.35. The van der Waals surface area contributed by atoms with Crippen LogP contribution in [0.2, 0.25) is 0 Å². The Morgan fingerprint density at radius 2 is 2.00 bits per heavy atom. The van der Waals surface area contributed by atoms with E-state index in [0.717, 1.165) is 0 Å². The number of rotatable bonds is 4. The van der Waals surface area contributed by atoms with E-state index < -0.39 is 16.3 Å². The largest absolute Gasteiger partial charge is 0.459 e. The highest BCUT2D eigenvalue weighted by Gasteiger charge is 2.40. The van der Waals surface area contributed by atoms with Crippen molar-refractivity contribution in [1.82, 2.24) is 0 Å². The number of hydrogen-bond donors (Lipinski definition) is 1. The van der Waals surface area contributed by atoms with Crippen molar-refractivity contribution in [1.29, 1.82) is 0 Å². The first-order chi connectivity index (χ1) is 6.31. The number of halogens is 1. The summed E-state index contributed by atoms with van der Waals surface area (Å²) in [6, 6.07) is 0. The molecule has 1 atom stereocenters. The van der Waals surface area contributed by atoms with Gasteiger partial charge in [-0.3, -0.25) is 0 Å². The zero-order valence-corrected chi connectivity index (χ0v) is 9.89. The molecule has 0 aliphatic rings. The third kappa shape index (κ3) is 4.19. The normalized spacial score (nSPS) is 14.7. The van der Waals surface area contributed by atoms with E-state index in [2.05, 4.69) is 17.4 Å². The summed E-state index contributed by atoms with van der Waals surface area (Å²) >= 11 is 9.12. The molecule has 0 aromatic rings. The average Bonchev–Trinajstić information content (AvgIpc) is 2.01. The minimum atomic E-state index is -1.76. The maximum atomic E-state index is 11.4. The van der Waals surface area contributed by atoms with Gasteiger partial charge < -0.3 is 9.47 Å². The summed E-state index contributed by atoms with van der Waals surface area (Å²) in [6.07, 6.45) is -0.197. The molecule has 0 bridgehead atoms. The zero-order chi connectivity index (χ0) is 11.4. The monoisotopic (exact) mass is 240 g/mol. The molecule has 0 saturated heterocycles. The molecule has 0 saturated carbocycles. The molecule has 4 nitrogen and oxygen atoms in total. The molecule has 0 amide bonds. The molecule has 0 spiro atoms. The summed E-state index contributed by atoms with van der Waals surface area (Å²) in [4.78, 5) is 21.9. The molecular formula is C8H13ClO4S. The minimum Gasteiger partial charge on any atom is -0.459 e. The predicted molar refractivity (Wildman–Crippen MR) is 55.6 cm³/mol. The predicted octanol–water partition coefficient (Wildman–Crippen LogP) is 2.35. The lowest BCUT2D eigenvalue weighted by Gasteiger charge is -2.23. The topological polar surface area (TPSA) is 52.6 Å². The average molecular weight is 241 g/mol. The quantitative estimate of drug-likeness (QED) is 0.466. The van der Waals surface area contributed by atoms with E-state index in [4.69, 9.17) is 16.3 Å². The Morgan fingerprint density at radius 1 is 1.50 bits per heavy atom. The number of alkyl halides is 1. The van der Waals surface area contributed by atoms with E-state index in [0.29, 0.717) is 0 Å². The van der Waals surface area contributed by atoms with Crippen LogP contribution < -0.4 is 0 Å². The Morgan fingerprint density at radius 3 is 2.29 bits per heavy atom. The number of thiol groups is 1. The van der Waals surface area contributed by atoms with Gasteiger partial charge in [0, 0.05) is 6.42 Å². The summed E-state index contributed by atoms with van der Waals surface area (Å²) in [5.74, 6) is -0.779. The lowest BCUT2D eigenvalue weighted by Crippen LogP contribution is -2.38. The van der Waals surface area contributed by atoms with E-state index >= 15 is 0 Å². The van der Waals surface area contributed by atoms with Crippen LogP contribution in [0, 0.1) is 0 Å². The lowest BCUT2D eigenvalue weighted by molar-refractivity contribution is -0.160. The first kappa shape index (κ1) is 13.6. The Kier molecular flexibility index (Phi) is 5.29. The highest BCUT2D eigenvalue weighted by molar-refractivity contribution is 7.96. The molecule has 0 aromatic carbocycles. The Hall–Kier alpha value is -0.420. The van der Waals surface area contributed by atoms with Crippen LogP contribution in [0.4, 0.5) is 4.79 Å². The maximum Gasteiger partial charge on any atom is 0.367 e. The fourth-order valence-corrected chi connectivity index (χ4v) is 1.02. The smallest absolute Gasteiger partial charge is 0.367 e. The molecule has 14 heavy (non-hydrogen) atoms. The number of carbonyl (C=O) groups is 2. The summed E-state index contributed by atoms with van der Waals surface area (Å²) in [6.45, 7) is 4.95. The fraction of sp³-hybridized carbons (Fsp3) is 0.750. The molecule has 0 aromatic heterocycles. The highest BCUT2D eigenvalue weighted by atomic mass is 35.5. The van der Waals surface area contributed by atoms with Gasteiger partial charge in [-0.05, 0) is 13.8 Å². The van der Waals surface area contributed by atoms with Gasteiger partial charge in [-0.2, -0.15) is 0 Å². The van der Waals surface area contributed by atoms with Gasteiger partial charge in [-0.25, -0.2) is 9.59 Å². The molecule has 1 unspecified atom stereocenters. The van der Waals surface area contributed by atoms with Crippen molar-refractivity contribution in [2.24, 2.45) is 0 Å². The highest BCUT2D eigenvalue weighted by Crippen LogP contribution is 2.25. The van der Waals surface area contributed by atoms with Crippen molar-refractivity contribution in [3.8, 4) is 0 Å². The van der Waals surface area contributed by atoms with Crippen LogP contribution in [0.25, 0.3) is 0 Å². The van der Waals surface area contributed by atoms with Crippen molar-refractivity contribution in [2.45, 2.75) is 38.4 Å². The van der Waals surface area contributed by atoms with E-state index in [1.54, 1.807) is 20.8 Å². The molecular weight excluding hydrogens is 228 g/mol. The second-order valence-corrected chi connectivity index (χ2v) is 3.88. The molecule has 0 fully saturated rings. The van der Waals surface area contributed by atoms with E-state index in [-0.39, 0.29) is 12.5 Å². The fourth-order valence-electron chi connectivity index (χ4n) is 0.699. The second kappa shape index (κ2) is 5.46. The van der Waals surface area contributed by atoms with Crippen LogP contribution in [-0.4, -0.2) is 22.4 Å². The van der Waals surface area contributed by atoms with E-state index in [1.165, 1.54) is 0 Å². The molecule has 0 aliphatic carbocycles. The number of ether oxygens (including phenoxy) is 2. The van der Waals surface area contributed by atoms with Crippen LogP contribution in [0.5, 0.6) is 0 Å². The van der Waals surface area contributed by atoms with Gasteiger partial charge in [0.2, 0.25) is 0 Å². The summed E-state index contributed by atoms with van der Waals surface area (Å²) in [5, 5.41) is -2.68. The first-order valence-corrected chi connectivity index (χ1v) is 4.96. The van der Waals surface area contributed by atoms with Crippen LogP contribution in [0.3, 0.4) is 0 Å². The van der Waals surface area contributed by atoms with Crippen LogP contribution in [0.1, 0.15) is 27.2 Å². The molecule has 0 aliphatic heterocycles. The van der Waals surface area contributed by atoms with Crippen molar-refractivity contribution >= 4 is 35.5 Å². The molecule has 0 radical (unpaired) electrons. The summed E-state index contributed by atoms with van der Waals surface area (Å²) in [7, 11) is 0. The van der Waals surface area contributed by atoms with Gasteiger partial charge in [0.1, 0.15) is 0 Å². The molecule has 6 heteroatoms. The number of esters is 1. The Balaban J connectivity index is 4.50. The van der Waals surface area contributed by atoms with E-state index in [1.807, 2.05) is 0 Å². The Labute approximate surface area is 93.3 Å². The van der Waals surface area contributed by atoms with Crippen molar-refractivity contribution in [2.75, 3.05) is 0 Å². The second-order valence-electron chi connectivity index (χ2n) is 2.90. The SMILES string of the molecule is CCC(Cl)(OC(=O)S)C(=O)OC(C)C. The molecule has 0 rings (SSSR count). The van der Waals surface area contributed by atoms with Crippen LogP contribution in [0.15, 0.2) is 0 Å². The number of carbonyl (C=O) groups excluding carboxylic acids is 2. The van der Waals surface area contributed by atoms with Gasteiger partial charge in [-0.1, -0.05) is 31.2 Å². The van der Waals surface area contributed by atoms with Gasteiger partial charge in [-0.15, -0.1) is 0 Å². The summed E-state index contributed by atoms with van der Waals surface area (Å²) < 4.78 is 9.39. The van der Waals surface area contributed by atoms with Gasteiger partial charge in [0.25, 0.3) is 5.06 Å². The summed E-state index contributed by atoms with van der Waals surface area (Å²) in [5.41, 5.74) is 0. The van der Waals surface area contributed by atoms with Crippen molar-refractivity contribution in [3.63, 3.8) is 0 Å². The van der Waals surface area contributed by atoms with E-state index in [9.17, 15) is 9.59 Å². The van der Waals surface area contributed by atoms with Gasteiger partial charge in [0.05, 0.1) is 6.10 Å². The van der Waals surface area contributed by atoms with Crippen molar-refractivity contribution in [3.05, 3.63) is 0 Å². The minimum absolute atomic E-state index is 0.117.